The SMILES string of the molecule is CN1CCC[C@@H](C(=O)N2CC[C@@H](Oc3nccnc3C#N)C2)C1. The van der Waals surface area contributed by atoms with Gasteiger partial charge in [0.15, 0.2) is 0 Å². The van der Waals surface area contributed by atoms with Gasteiger partial charge in [0.05, 0.1) is 12.5 Å². The number of piperidine rings is 1. The molecule has 0 aliphatic carbocycles. The van der Waals surface area contributed by atoms with Crippen LogP contribution < -0.4 is 4.74 Å². The summed E-state index contributed by atoms with van der Waals surface area (Å²) in [6.07, 6.45) is 5.65. The zero-order valence-corrected chi connectivity index (χ0v) is 13.3. The van der Waals surface area contributed by atoms with Crippen LogP contribution in [0.15, 0.2) is 12.4 Å². The second-order valence-electron chi connectivity index (χ2n) is 6.24. The monoisotopic (exact) mass is 315 g/mol. The molecule has 0 aromatic carbocycles. The molecule has 0 saturated carbocycles. The van der Waals surface area contributed by atoms with E-state index in [1.54, 1.807) is 0 Å². The van der Waals surface area contributed by atoms with E-state index in [2.05, 4.69) is 21.9 Å². The Morgan fingerprint density at radius 2 is 2.13 bits per heavy atom. The van der Waals surface area contributed by atoms with E-state index < -0.39 is 0 Å². The molecule has 0 N–H and O–H groups in total. The average molecular weight is 315 g/mol. The molecule has 0 radical (unpaired) electrons. The molecule has 2 saturated heterocycles. The summed E-state index contributed by atoms with van der Waals surface area (Å²) in [5.74, 6) is 0.577. The van der Waals surface area contributed by atoms with Gasteiger partial charge in [0, 0.05) is 31.9 Å². The summed E-state index contributed by atoms with van der Waals surface area (Å²) in [6.45, 7) is 3.16. The molecule has 2 aliphatic heterocycles. The van der Waals surface area contributed by atoms with Crippen molar-refractivity contribution < 1.29 is 9.53 Å². The number of nitrogens with zero attached hydrogens (tertiary/aromatic N) is 5. The summed E-state index contributed by atoms with van der Waals surface area (Å²) in [7, 11) is 2.06. The number of aromatic nitrogens is 2. The summed E-state index contributed by atoms with van der Waals surface area (Å²) >= 11 is 0. The third-order valence-electron chi connectivity index (χ3n) is 4.48. The highest BCUT2D eigenvalue weighted by Gasteiger charge is 2.33. The molecule has 2 fully saturated rings. The van der Waals surface area contributed by atoms with Crippen molar-refractivity contribution in [2.24, 2.45) is 5.92 Å². The van der Waals surface area contributed by atoms with E-state index in [9.17, 15) is 4.79 Å². The summed E-state index contributed by atoms with van der Waals surface area (Å²) in [5.41, 5.74) is 0.186. The lowest BCUT2D eigenvalue weighted by atomic mass is 9.97. The van der Waals surface area contributed by atoms with Gasteiger partial charge < -0.3 is 14.5 Å². The number of amides is 1. The van der Waals surface area contributed by atoms with Crippen LogP contribution in [0.3, 0.4) is 0 Å². The van der Waals surface area contributed by atoms with Gasteiger partial charge in [0.2, 0.25) is 11.6 Å². The fourth-order valence-electron chi connectivity index (χ4n) is 3.30. The quantitative estimate of drug-likeness (QED) is 0.815. The molecule has 0 unspecified atom stereocenters. The predicted octanol–water partition coefficient (Wildman–Crippen LogP) is 0.670. The van der Waals surface area contributed by atoms with Crippen molar-refractivity contribution in [3.8, 4) is 11.9 Å². The smallest absolute Gasteiger partial charge is 0.251 e. The van der Waals surface area contributed by atoms with Crippen molar-refractivity contribution in [2.75, 3.05) is 33.2 Å². The fraction of sp³-hybridized carbons (Fsp3) is 0.625. The predicted molar refractivity (Wildman–Crippen MR) is 82.6 cm³/mol. The van der Waals surface area contributed by atoms with Crippen LogP contribution >= 0.6 is 0 Å². The largest absolute Gasteiger partial charge is 0.470 e. The van der Waals surface area contributed by atoms with Crippen molar-refractivity contribution in [1.82, 2.24) is 19.8 Å². The van der Waals surface area contributed by atoms with Crippen molar-refractivity contribution in [1.29, 1.82) is 5.26 Å². The molecule has 1 amide bonds. The second-order valence-corrected chi connectivity index (χ2v) is 6.24. The molecule has 1 aromatic heterocycles. The number of rotatable bonds is 3. The van der Waals surface area contributed by atoms with E-state index in [0.29, 0.717) is 13.1 Å². The number of hydrogen-bond donors (Lipinski definition) is 0. The standard InChI is InChI=1S/C16H21N5O2/c1-20-7-2-3-12(10-20)16(22)21-8-4-13(11-21)23-15-14(9-17)18-5-6-19-15/h5-6,12-13H,2-4,7-8,10-11H2,1H3/t12-,13-/m1/s1. The van der Waals surface area contributed by atoms with Crippen LogP contribution in [-0.2, 0) is 4.79 Å². The minimum absolute atomic E-state index is 0.0960. The highest BCUT2D eigenvalue weighted by Crippen LogP contribution is 2.23. The number of likely N-dealkylation sites (tertiary alicyclic amines) is 2. The van der Waals surface area contributed by atoms with Crippen LogP contribution in [0.1, 0.15) is 25.0 Å². The van der Waals surface area contributed by atoms with E-state index in [1.807, 2.05) is 11.0 Å². The lowest BCUT2D eigenvalue weighted by molar-refractivity contribution is -0.136. The fourth-order valence-corrected chi connectivity index (χ4v) is 3.30. The maximum atomic E-state index is 12.6. The Hall–Kier alpha value is -2.20. The highest BCUT2D eigenvalue weighted by molar-refractivity contribution is 5.79. The van der Waals surface area contributed by atoms with Crippen molar-refractivity contribution in [3.63, 3.8) is 0 Å². The molecular formula is C16H21N5O2. The summed E-state index contributed by atoms with van der Waals surface area (Å²) in [6, 6.07) is 1.98. The Balaban J connectivity index is 1.58. The van der Waals surface area contributed by atoms with Gasteiger partial charge in [-0.05, 0) is 26.4 Å². The lowest BCUT2D eigenvalue weighted by Gasteiger charge is -2.31. The van der Waals surface area contributed by atoms with E-state index in [4.69, 9.17) is 10.00 Å². The Bertz CT molecular complexity index is 615. The molecule has 122 valence electrons. The summed E-state index contributed by atoms with van der Waals surface area (Å²) in [5, 5.41) is 9.03. The summed E-state index contributed by atoms with van der Waals surface area (Å²) in [4.78, 5) is 24.7. The number of carbonyl (C=O) groups excluding carboxylic acids is 1. The highest BCUT2D eigenvalue weighted by atomic mass is 16.5. The van der Waals surface area contributed by atoms with Gasteiger partial charge in [-0.2, -0.15) is 5.26 Å². The van der Waals surface area contributed by atoms with Gasteiger partial charge in [0.25, 0.3) is 5.88 Å². The number of carbonyl (C=O) groups is 1. The third kappa shape index (κ3) is 3.59. The van der Waals surface area contributed by atoms with Crippen LogP contribution in [-0.4, -0.2) is 65.0 Å². The van der Waals surface area contributed by atoms with Crippen LogP contribution in [0.5, 0.6) is 5.88 Å². The van der Waals surface area contributed by atoms with Gasteiger partial charge in [0.1, 0.15) is 12.2 Å². The first-order valence-electron chi connectivity index (χ1n) is 8.02. The van der Waals surface area contributed by atoms with Gasteiger partial charge in [-0.25, -0.2) is 9.97 Å². The molecule has 0 bridgehead atoms. The first-order valence-corrected chi connectivity index (χ1v) is 8.02. The number of ether oxygens (including phenoxy) is 1. The number of nitriles is 1. The number of hydrogen-bond acceptors (Lipinski definition) is 6. The molecule has 3 heterocycles. The zero-order valence-electron chi connectivity index (χ0n) is 13.3. The second kappa shape index (κ2) is 6.92. The van der Waals surface area contributed by atoms with Crippen molar-refractivity contribution in [3.05, 3.63) is 18.1 Å². The molecule has 7 heteroatoms. The van der Waals surface area contributed by atoms with Gasteiger partial charge in [-0.1, -0.05) is 0 Å². The Kier molecular flexibility index (Phi) is 4.72. The maximum absolute atomic E-state index is 12.6. The van der Waals surface area contributed by atoms with Crippen LogP contribution in [0, 0.1) is 17.2 Å². The minimum atomic E-state index is -0.121. The molecule has 2 atom stereocenters. The zero-order chi connectivity index (χ0) is 16.2. The van der Waals surface area contributed by atoms with Crippen molar-refractivity contribution in [2.45, 2.75) is 25.4 Å². The van der Waals surface area contributed by atoms with E-state index in [1.165, 1.54) is 12.4 Å². The third-order valence-corrected chi connectivity index (χ3v) is 4.48. The van der Waals surface area contributed by atoms with Crippen LogP contribution in [0.25, 0.3) is 0 Å². The van der Waals surface area contributed by atoms with Crippen molar-refractivity contribution >= 4 is 5.91 Å². The van der Waals surface area contributed by atoms with Crippen LogP contribution in [0.2, 0.25) is 0 Å². The molecule has 7 nitrogen and oxygen atoms in total. The molecular weight excluding hydrogens is 294 g/mol. The molecule has 2 aliphatic rings. The van der Waals surface area contributed by atoms with Gasteiger partial charge >= 0.3 is 0 Å². The molecule has 1 aromatic rings. The maximum Gasteiger partial charge on any atom is 0.251 e. The Morgan fingerprint density at radius 1 is 1.30 bits per heavy atom. The molecule has 0 spiro atoms. The van der Waals surface area contributed by atoms with Gasteiger partial charge in [-0.15, -0.1) is 0 Å². The lowest BCUT2D eigenvalue weighted by Crippen LogP contribution is -2.43. The normalized spacial score (nSPS) is 25.1. The van der Waals surface area contributed by atoms with E-state index >= 15 is 0 Å². The minimum Gasteiger partial charge on any atom is -0.470 e. The molecule has 3 rings (SSSR count). The first kappa shape index (κ1) is 15.7. The first-order chi connectivity index (χ1) is 11.2. The van der Waals surface area contributed by atoms with Gasteiger partial charge in [-0.3, -0.25) is 4.79 Å². The average Bonchev–Trinajstić information content (AvgIpc) is 3.03. The van der Waals surface area contributed by atoms with E-state index in [0.717, 1.165) is 32.4 Å². The Labute approximate surface area is 135 Å². The summed E-state index contributed by atoms with van der Waals surface area (Å²) < 4.78 is 5.79. The Morgan fingerprint density at radius 3 is 2.91 bits per heavy atom. The van der Waals surface area contributed by atoms with Crippen LogP contribution in [0.4, 0.5) is 0 Å². The topological polar surface area (TPSA) is 82.3 Å². The van der Waals surface area contributed by atoms with E-state index in [-0.39, 0.29) is 29.5 Å². The molecule has 23 heavy (non-hydrogen) atoms.